The molecule has 2 rings (SSSR count). The van der Waals surface area contributed by atoms with E-state index in [1.807, 2.05) is 49.6 Å². The molecule has 0 bridgehead atoms. The van der Waals surface area contributed by atoms with E-state index in [4.69, 9.17) is 0 Å². The van der Waals surface area contributed by atoms with Crippen LogP contribution in [0.4, 0.5) is 0 Å². The Morgan fingerprint density at radius 1 is 1.06 bits per heavy atom. The van der Waals surface area contributed by atoms with Crippen molar-refractivity contribution in [2.24, 2.45) is 0 Å². The van der Waals surface area contributed by atoms with Crippen LogP contribution in [0.3, 0.4) is 0 Å². The molecule has 1 aromatic heterocycles. The molecule has 18 heavy (non-hydrogen) atoms. The molecule has 0 amide bonds. The van der Waals surface area contributed by atoms with Gasteiger partial charge in [-0.15, -0.1) is 11.8 Å². The minimum absolute atomic E-state index is 0.254. The van der Waals surface area contributed by atoms with Gasteiger partial charge in [-0.25, -0.2) is 0 Å². The smallest absolute Gasteiger partial charge is 0.0602 e. The Kier molecular flexibility index (Phi) is 4.79. The lowest BCUT2D eigenvalue weighted by atomic mass is 10.1. The molecule has 0 saturated heterocycles. The summed E-state index contributed by atoms with van der Waals surface area (Å²) in [7, 11) is 0. The fourth-order valence-corrected chi connectivity index (χ4v) is 2.96. The van der Waals surface area contributed by atoms with Gasteiger partial charge >= 0.3 is 0 Å². The molecular formula is C15H17NOS. The van der Waals surface area contributed by atoms with Gasteiger partial charge < -0.3 is 5.11 Å². The van der Waals surface area contributed by atoms with Crippen molar-refractivity contribution in [2.75, 3.05) is 5.75 Å². The molecule has 2 atom stereocenters. The lowest BCUT2D eigenvalue weighted by molar-refractivity contribution is 0.220. The van der Waals surface area contributed by atoms with Crippen molar-refractivity contribution in [3.63, 3.8) is 0 Å². The van der Waals surface area contributed by atoms with Crippen LogP contribution in [0.1, 0.15) is 23.3 Å². The minimum Gasteiger partial charge on any atom is -0.393 e. The molecule has 1 heterocycles. The molecule has 2 unspecified atom stereocenters. The first-order valence-corrected chi connectivity index (χ1v) is 7.07. The number of pyridine rings is 1. The highest BCUT2D eigenvalue weighted by Gasteiger charge is 2.15. The lowest BCUT2D eigenvalue weighted by Gasteiger charge is -2.18. The third-order valence-electron chi connectivity index (χ3n) is 2.62. The van der Waals surface area contributed by atoms with Gasteiger partial charge in [-0.2, -0.15) is 0 Å². The molecule has 0 aliphatic carbocycles. The van der Waals surface area contributed by atoms with Crippen molar-refractivity contribution < 1.29 is 5.11 Å². The summed E-state index contributed by atoms with van der Waals surface area (Å²) in [6.07, 6.45) is 3.34. The number of nitrogens with zero attached hydrogens (tertiary/aromatic N) is 1. The molecule has 2 nitrogen and oxygen atoms in total. The normalized spacial score (nSPS) is 14.1. The van der Waals surface area contributed by atoms with Crippen LogP contribution in [-0.4, -0.2) is 21.9 Å². The zero-order chi connectivity index (χ0) is 12.8. The van der Waals surface area contributed by atoms with E-state index in [0.717, 1.165) is 5.75 Å². The summed E-state index contributed by atoms with van der Waals surface area (Å²) in [5.74, 6) is 0.724. The maximum absolute atomic E-state index is 9.46. The number of thioether (sulfide) groups is 1. The van der Waals surface area contributed by atoms with Crippen molar-refractivity contribution in [2.45, 2.75) is 18.3 Å². The van der Waals surface area contributed by atoms with Gasteiger partial charge in [0.05, 0.1) is 11.4 Å². The molecule has 0 aliphatic heterocycles. The first kappa shape index (κ1) is 13.1. The average Bonchev–Trinajstić information content (AvgIpc) is 2.41. The van der Waals surface area contributed by atoms with Crippen LogP contribution in [0.25, 0.3) is 0 Å². The van der Waals surface area contributed by atoms with E-state index in [1.165, 1.54) is 11.1 Å². The molecule has 0 fully saturated rings. The van der Waals surface area contributed by atoms with Crippen LogP contribution in [0.2, 0.25) is 0 Å². The van der Waals surface area contributed by atoms with Gasteiger partial charge in [0.25, 0.3) is 0 Å². The summed E-state index contributed by atoms with van der Waals surface area (Å²) in [5, 5.41) is 9.72. The zero-order valence-corrected chi connectivity index (χ0v) is 11.2. The molecule has 1 N–H and O–H groups in total. The topological polar surface area (TPSA) is 33.1 Å². The van der Waals surface area contributed by atoms with Crippen LogP contribution >= 0.6 is 11.8 Å². The molecule has 3 heteroatoms. The molecule has 0 saturated carbocycles. The number of aliphatic hydroxyl groups is 1. The van der Waals surface area contributed by atoms with E-state index < -0.39 is 0 Å². The van der Waals surface area contributed by atoms with E-state index in [0.29, 0.717) is 0 Å². The molecular weight excluding hydrogens is 242 g/mol. The number of hydrogen-bond donors (Lipinski definition) is 1. The van der Waals surface area contributed by atoms with Crippen LogP contribution < -0.4 is 0 Å². The minimum atomic E-state index is -0.289. The van der Waals surface area contributed by atoms with E-state index in [-0.39, 0.29) is 11.4 Å². The van der Waals surface area contributed by atoms with Gasteiger partial charge in [-0.3, -0.25) is 4.98 Å². The van der Waals surface area contributed by atoms with Crippen LogP contribution in [0.15, 0.2) is 54.9 Å². The lowest BCUT2D eigenvalue weighted by Crippen LogP contribution is -2.06. The predicted octanol–water partition coefficient (Wildman–Crippen LogP) is 3.29. The van der Waals surface area contributed by atoms with E-state index in [9.17, 15) is 5.11 Å². The van der Waals surface area contributed by atoms with E-state index >= 15 is 0 Å². The van der Waals surface area contributed by atoms with E-state index in [1.54, 1.807) is 11.8 Å². The number of hydrogen-bond acceptors (Lipinski definition) is 3. The van der Waals surface area contributed by atoms with Gasteiger partial charge in [-0.1, -0.05) is 30.3 Å². The van der Waals surface area contributed by atoms with Crippen LogP contribution in [0, 0.1) is 0 Å². The molecule has 94 valence electrons. The summed E-state index contributed by atoms with van der Waals surface area (Å²) in [5.41, 5.74) is 2.48. The Bertz CT molecular complexity index is 419. The number of benzene rings is 1. The van der Waals surface area contributed by atoms with Gasteiger partial charge in [0.1, 0.15) is 0 Å². The first-order chi connectivity index (χ1) is 8.77. The van der Waals surface area contributed by atoms with Gasteiger partial charge in [0.15, 0.2) is 0 Å². The summed E-state index contributed by atoms with van der Waals surface area (Å²) in [6.45, 7) is 1.82. The van der Waals surface area contributed by atoms with Crippen LogP contribution in [-0.2, 0) is 0 Å². The predicted molar refractivity (Wildman–Crippen MR) is 76.7 cm³/mol. The van der Waals surface area contributed by atoms with Crippen LogP contribution in [0.5, 0.6) is 0 Å². The molecule has 1 aromatic carbocycles. The second-order valence-corrected chi connectivity index (χ2v) is 5.39. The SMILES string of the molecule is CC(O)CSC(c1ccccc1)c1ccncc1. The Morgan fingerprint density at radius 2 is 1.67 bits per heavy atom. The first-order valence-electron chi connectivity index (χ1n) is 6.02. The Labute approximate surface area is 112 Å². The summed E-state index contributed by atoms with van der Waals surface area (Å²) in [6, 6.07) is 14.4. The molecule has 2 aromatic rings. The Hall–Kier alpha value is -1.32. The third kappa shape index (κ3) is 3.59. The van der Waals surface area contributed by atoms with Crippen molar-refractivity contribution in [1.29, 1.82) is 0 Å². The number of rotatable bonds is 5. The van der Waals surface area contributed by atoms with E-state index in [2.05, 4.69) is 17.1 Å². The summed E-state index contributed by atoms with van der Waals surface area (Å²) < 4.78 is 0. The molecule has 0 aliphatic rings. The van der Waals surface area contributed by atoms with Gasteiger partial charge in [-0.05, 0) is 30.2 Å². The Balaban J connectivity index is 2.24. The fraction of sp³-hybridized carbons (Fsp3) is 0.267. The molecule has 0 spiro atoms. The highest BCUT2D eigenvalue weighted by Crippen LogP contribution is 2.35. The van der Waals surface area contributed by atoms with Gasteiger partial charge in [0, 0.05) is 18.1 Å². The quantitative estimate of drug-likeness (QED) is 0.894. The van der Waals surface area contributed by atoms with Crippen molar-refractivity contribution in [1.82, 2.24) is 4.98 Å². The fourth-order valence-electron chi connectivity index (χ4n) is 1.79. The second kappa shape index (κ2) is 6.57. The average molecular weight is 259 g/mol. The zero-order valence-electron chi connectivity index (χ0n) is 10.4. The number of aliphatic hydroxyl groups excluding tert-OH is 1. The maximum atomic E-state index is 9.46. The second-order valence-electron chi connectivity index (χ2n) is 4.25. The van der Waals surface area contributed by atoms with Crippen molar-refractivity contribution >= 4 is 11.8 Å². The highest BCUT2D eigenvalue weighted by molar-refractivity contribution is 7.99. The largest absolute Gasteiger partial charge is 0.393 e. The maximum Gasteiger partial charge on any atom is 0.0602 e. The highest BCUT2D eigenvalue weighted by atomic mass is 32.2. The van der Waals surface area contributed by atoms with Gasteiger partial charge in [0.2, 0.25) is 0 Å². The molecule has 0 radical (unpaired) electrons. The standard InChI is InChI=1S/C15H17NOS/c1-12(17)11-18-15(13-5-3-2-4-6-13)14-7-9-16-10-8-14/h2-10,12,15,17H,11H2,1H3. The third-order valence-corrected chi connectivity index (χ3v) is 4.17. The van der Waals surface area contributed by atoms with Crippen molar-refractivity contribution in [3.8, 4) is 0 Å². The number of aromatic nitrogens is 1. The van der Waals surface area contributed by atoms with Crippen molar-refractivity contribution in [3.05, 3.63) is 66.0 Å². The summed E-state index contributed by atoms with van der Waals surface area (Å²) >= 11 is 1.76. The summed E-state index contributed by atoms with van der Waals surface area (Å²) in [4.78, 5) is 4.06. The monoisotopic (exact) mass is 259 g/mol. The Morgan fingerprint density at radius 3 is 2.28 bits per heavy atom.